The first kappa shape index (κ1) is 11.9. The number of carbonyl (C=O) groups is 1. The zero-order valence-corrected chi connectivity index (χ0v) is 10.2. The second-order valence-corrected chi connectivity index (χ2v) is 5.46. The molecule has 0 bridgehead atoms. The summed E-state index contributed by atoms with van der Waals surface area (Å²) in [5.74, 6) is 0.839. The Morgan fingerprint density at radius 1 is 1.56 bits per heavy atom. The SMILES string of the molecule is CC1CCCN(CCNC(=O)C2(N)CC2)C1. The third kappa shape index (κ3) is 2.95. The van der Waals surface area contributed by atoms with E-state index in [4.69, 9.17) is 5.73 Å². The molecule has 1 amide bonds. The molecule has 3 N–H and O–H groups in total. The summed E-state index contributed by atoms with van der Waals surface area (Å²) in [6.45, 7) is 6.35. The summed E-state index contributed by atoms with van der Waals surface area (Å²) in [5, 5.41) is 2.94. The lowest BCUT2D eigenvalue weighted by molar-refractivity contribution is -0.123. The van der Waals surface area contributed by atoms with Crippen LogP contribution in [-0.4, -0.2) is 42.5 Å². The maximum atomic E-state index is 11.6. The first-order valence-electron chi connectivity index (χ1n) is 6.40. The Labute approximate surface area is 97.6 Å². The van der Waals surface area contributed by atoms with Crippen LogP contribution in [0.3, 0.4) is 0 Å². The van der Waals surface area contributed by atoms with Crippen molar-refractivity contribution in [3.63, 3.8) is 0 Å². The van der Waals surface area contributed by atoms with E-state index in [1.54, 1.807) is 0 Å². The number of hydrogen-bond acceptors (Lipinski definition) is 3. The van der Waals surface area contributed by atoms with E-state index in [2.05, 4.69) is 17.1 Å². The van der Waals surface area contributed by atoms with Crippen LogP contribution in [0.1, 0.15) is 32.6 Å². The number of likely N-dealkylation sites (tertiary alicyclic amines) is 1. The van der Waals surface area contributed by atoms with Crippen LogP contribution >= 0.6 is 0 Å². The van der Waals surface area contributed by atoms with Crippen molar-refractivity contribution in [1.29, 1.82) is 0 Å². The Balaban J connectivity index is 1.62. The number of nitrogens with one attached hydrogen (secondary N) is 1. The molecule has 1 atom stereocenters. The third-order valence-electron chi connectivity index (χ3n) is 3.70. The summed E-state index contributed by atoms with van der Waals surface area (Å²) < 4.78 is 0. The molecule has 0 radical (unpaired) electrons. The summed E-state index contributed by atoms with van der Waals surface area (Å²) in [6, 6.07) is 0. The topological polar surface area (TPSA) is 58.4 Å². The van der Waals surface area contributed by atoms with E-state index in [-0.39, 0.29) is 5.91 Å². The Morgan fingerprint density at radius 2 is 2.31 bits per heavy atom. The van der Waals surface area contributed by atoms with Crippen LogP contribution in [-0.2, 0) is 4.79 Å². The second kappa shape index (κ2) is 4.72. The van der Waals surface area contributed by atoms with Gasteiger partial charge < -0.3 is 16.0 Å². The van der Waals surface area contributed by atoms with Gasteiger partial charge in [0.1, 0.15) is 0 Å². The van der Waals surface area contributed by atoms with Gasteiger partial charge in [-0.2, -0.15) is 0 Å². The smallest absolute Gasteiger partial charge is 0.240 e. The van der Waals surface area contributed by atoms with Crippen molar-refractivity contribution < 1.29 is 4.79 Å². The van der Waals surface area contributed by atoms with Gasteiger partial charge >= 0.3 is 0 Å². The fraction of sp³-hybridized carbons (Fsp3) is 0.917. The van der Waals surface area contributed by atoms with Gasteiger partial charge in [0.05, 0.1) is 5.54 Å². The Bertz CT molecular complexity index is 263. The van der Waals surface area contributed by atoms with Gasteiger partial charge in [-0.15, -0.1) is 0 Å². The summed E-state index contributed by atoms with van der Waals surface area (Å²) in [4.78, 5) is 14.0. The predicted molar refractivity (Wildman–Crippen MR) is 64.0 cm³/mol. The zero-order chi connectivity index (χ0) is 11.6. The third-order valence-corrected chi connectivity index (χ3v) is 3.70. The summed E-state index contributed by atoms with van der Waals surface area (Å²) in [5.41, 5.74) is 5.29. The molecule has 2 rings (SSSR count). The van der Waals surface area contributed by atoms with Gasteiger partial charge in [-0.1, -0.05) is 6.92 Å². The van der Waals surface area contributed by atoms with Crippen molar-refractivity contribution in [1.82, 2.24) is 10.2 Å². The van der Waals surface area contributed by atoms with Crippen molar-refractivity contribution in [2.24, 2.45) is 11.7 Å². The molecule has 1 heterocycles. The van der Waals surface area contributed by atoms with E-state index in [0.717, 1.165) is 31.8 Å². The highest BCUT2D eigenvalue weighted by Crippen LogP contribution is 2.31. The van der Waals surface area contributed by atoms with Gasteiger partial charge in [-0.3, -0.25) is 4.79 Å². The largest absolute Gasteiger partial charge is 0.353 e. The maximum absolute atomic E-state index is 11.6. The molecule has 1 aliphatic heterocycles. The molecule has 16 heavy (non-hydrogen) atoms. The molecule has 1 saturated carbocycles. The predicted octanol–water partition coefficient (Wildman–Crippen LogP) is 0.326. The van der Waals surface area contributed by atoms with Crippen molar-refractivity contribution >= 4 is 5.91 Å². The molecule has 0 aromatic heterocycles. The van der Waals surface area contributed by atoms with Crippen LogP contribution in [0.25, 0.3) is 0 Å². The second-order valence-electron chi connectivity index (χ2n) is 5.46. The number of rotatable bonds is 4. The first-order chi connectivity index (χ1) is 7.60. The standard InChI is InChI=1S/C12H23N3O/c1-10-3-2-7-15(9-10)8-6-14-11(16)12(13)4-5-12/h10H,2-9,13H2,1H3,(H,14,16). The Kier molecular flexibility index (Phi) is 3.50. The van der Waals surface area contributed by atoms with E-state index in [1.807, 2.05) is 0 Å². The van der Waals surface area contributed by atoms with Gasteiger partial charge in [0.15, 0.2) is 0 Å². The number of piperidine rings is 1. The van der Waals surface area contributed by atoms with Gasteiger partial charge in [-0.05, 0) is 38.1 Å². The highest BCUT2D eigenvalue weighted by molar-refractivity contribution is 5.88. The first-order valence-corrected chi connectivity index (χ1v) is 6.40. The molecule has 1 saturated heterocycles. The van der Waals surface area contributed by atoms with E-state index >= 15 is 0 Å². The van der Waals surface area contributed by atoms with E-state index in [9.17, 15) is 4.79 Å². The van der Waals surface area contributed by atoms with Crippen LogP contribution in [0, 0.1) is 5.92 Å². The molecular formula is C12H23N3O. The molecule has 0 aromatic rings. The minimum atomic E-state index is -0.519. The molecule has 92 valence electrons. The molecule has 1 unspecified atom stereocenters. The van der Waals surface area contributed by atoms with Crippen LogP contribution < -0.4 is 11.1 Å². The van der Waals surface area contributed by atoms with Crippen LogP contribution in [0.4, 0.5) is 0 Å². The fourth-order valence-corrected chi connectivity index (χ4v) is 2.36. The lowest BCUT2D eigenvalue weighted by Crippen LogP contribution is -2.46. The Hall–Kier alpha value is -0.610. The number of carbonyl (C=O) groups excluding carboxylic acids is 1. The van der Waals surface area contributed by atoms with Crippen molar-refractivity contribution in [3.8, 4) is 0 Å². The zero-order valence-electron chi connectivity index (χ0n) is 10.2. The Morgan fingerprint density at radius 3 is 2.94 bits per heavy atom. The van der Waals surface area contributed by atoms with Gasteiger partial charge in [0.25, 0.3) is 0 Å². The lowest BCUT2D eigenvalue weighted by Gasteiger charge is -2.30. The molecule has 1 aliphatic carbocycles. The monoisotopic (exact) mass is 225 g/mol. The minimum Gasteiger partial charge on any atom is -0.353 e. The quantitative estimate of drug-likeness (QED) is 0.725. The summed E-state index contributed by atoms with van der Waals surface area (Å²) >= 11 is 0. The minimum absolute atomic E-state index is 0.0394. The van der Waals surface area contributed by atoms with Gasteiger partial charge in [-0.25, -0.2) is 0 Å². The maximum Gasteiger partial charge on any atom is 0.240 e. The highest BCUT2D eigenvalue weighted by Gasteiger charge is 2.45. The van der Waals surface area contributed by atoms with Gasteiger partial charge in [0.2, 0.25) is 5.91 Å². The summed E-state index contributed by atoms with van der Waals surface area (Å²) in [7, 11) is 0. The van der Waals surface area contributed by atoms with Crippen LogP contribution in [0.15, 0.2) is 0 Å². The van der Waals surface area contributed by atoms with E-state index < -0.39 is 5.54 Å². The normalized spacial score (nSPS) is 28.8. The molecule has 2 aliphatic rings. The van der Waals surface area contributed by atoms with Crippen LogP contribution in [0.2, 0.25) is 0 Å². The van der Waals surface area contributed by atoms with Gasteiger partial charge in [0, 0.05) is 19.6 Å². The highest BCUT2D eigenvalue weighted by atomic mass is 16.2. The van der Waals surface area contributed by atoms with Crippen molar-refractivity contribution in [3.05, 3.63) is 0 Å². The molecular weight excluding hydrogens is 202 g/mol. The van der Waals surface area contributed by atoms with Crippen molar-refractivity contribution in [2.75, 3.05) is 26.2 Å². The number of nitrogens with zero attached hydrogens (tertiary/aromatic N) is 1. The molecule has 0 aromatic carbocycles. The summed E-state index contributed by atoms with van der Waals surface area (Å²) in [6.07, 6.45) is 4.32. The number of nitrogens with two attached hydrogens (primary N) is 1. The molecule has 0 spiro atoms. The van der Waals surface area contributed by atoms with E-state index in [1.165, 1.54) is 25.9 Å². The number of hydrogen-bond donors (Lipinski definition) is 2. The number of amides is 1. The molecule has 4 nitrogen and oxygen atoms in total. The molecule has 2 fully saturated rings. The molecule has 4 heteroatoms. The van der Waals surface area contributed by atoms with Crippen LogP contribution in [0.5, 0.6) is 0 Å². The van der Waals surface area contributed by atoms with E-state index in [0.29, 0.717) is 0 Å². The average molecular weight is 225 g/mol. The lowest BCUT2D eigenvalue weighted by atomic mass is 10.0. The average Bonchev–Trinajstić information content (AvgIpc) is 2.98. The fourth-order valence-electron chi connectivity index (χ4n) is 2.36. The van der Waals surface area contributed by atoms with Crippen molar-refractivity contribution in [2.45, 2.75) is 38.1 Å².